The number of rotatable bonds is 10. The van der Waals surface area contributed by atoms with E-state index in [0.29, 0.717) is 38.8 Å². The molecule has 0 saturated carbocycles. The predicted molar refractivity (Wildman–Crippen MR) is 147 cm³/mol. The number of hydrogen-bond acceptors (Lipinski definition) is 6. The van der Waals surface area contributed by atoms with Crippen molar-refractivity contribution in [1.29, 1.82) is 0 Å². The highest BCUT2D eigenvalue weighted by molar-refractivity contribution is 7.98. The van der Waals surface area contributed by atoms with Crippen LogP contribution in [0.5, 0.6) is 11.5 Å². The van der Waals surface area contributed by atoms with Gasteiger partial charge in [-0.15, -0.1) is 23.1 Å². The van der Waals surface area contributed by atoms with E-state index in [9.17, 15) is 44.3 Å². The van der Waals surface area contributed by atoms with Crippen molar-refractivity contribution in [2.24, 2.45) is 0 Å². The molecule has 0 fully saturated rings. The number of nitrogens with zero attached hydrogens (tertiary/aromatic N) is 1. The fourth-order valence-electron chi connectivity index (χ4n) is 3.86. The van der Waals surface area contributed by atoms with Crippen molar-refractivity contribution in [3.05, 3.63) is 93.5 Å². The number of thioether (sulfide) groups is 1. The van der Waals surface area contributed by atoms with Crippen LogP contribution in [0.15, 0.2) is 65.6 Å². The normalized spacial score (nSPS) is 12.3. The zero-order valence-corrected chi connectivity index (χ0v) is 24.4. The molecule has 0 radical (unpaired) electrons. The van der Waals surface area contributed by atoms with Gasteiger partial charge < -0.3 is 14.6 Å². The largest absolute Gasteiger partial charge is 0.487 e. The highest BCUT2D eigenvalue weighted by Crippen LogP contribution is 2.40. The molecule has 4 rings (SSSR count). The minimum Gasteiger partial charge on any atom is -0.487 e. The topological polar surface area (TPSA) is 68.7 Å². The molecule has 0 spiro atoms. The summed E-state index contributed by atoms with van der Waals surface area (Å²) in [4.78, 5) is 16.4. The first-order chi connectivity index (χ1) is 20.9. The van der Waals surface area contributed by atoms with Crippen molar-refractivity contribution in [1.82, 2.24) is 4.98 Å². The van der Waals surface area contributed by atoms with Gasteiger partial charge in [0.1, 0.15) is 23.1 Å². The van der Waals surface area contributed by atoms with Crippen LogP contribution in [0.25, 0.3) is 10.6 Å². The summed E-state index contributed by atoms with van der Waals surface area (Å²) < 4.78 is 130. The summed E-state index contributed by atoms with van der Waals surface area (Å²) in [6, 6.07) is 9.90. The smallest absolute Gasteiger partial charge is 0.416 e. The van der Waals surface area contributed by atoms with Gasteiger partial charge in [-0.3, -0.25) is 0 Å². The van der Waals surface area contributed by atoms with Gasteiger partial charge in [0, 0.05) is 21.1 Å². The summed E-state index contributed by atoms with van der Waals surface area (Å²) in [5.74, 6) is -1.32. The van der Waals surface area contributed by atoms with Crippen molar-refractivity contribution >= 4 is 29.1 Å². The third kappa shape index (κ3) is 9.06. The van der Waals surface area contributed by atoms with Gasteiger partial charge in [-0.05, 0) is 61.0 Å². The number of aryl methyl sites for hydroxylation is 1. The minimum absolute atomic E-state index is 0.0273. The predicted octanol–water partition coefficient (Wildman–Crippen LogP) is 9.51. The number of benzene rings is 3. The number of carboxylic acids is 1. The summed E-state index contributed by atoms with van der Waals surface area (Å²) in [6.45, 7) is 0.618. The summed E-state index contributed by atoms with van der Waals surface area (Å²) >= 11 is 2.35. The Hall–Kier alpha value is -3.92. The molecule has 16 heteroatoms. The molecule has 0 atom stereocenters. The lowest BCUT2D eigenvalue weighted by molar-refractivity contribution is -0.143. The molecule has 1 aromatic heterocycles. The average molecular weight is 682 g/mol. The van der Waals surface area contributed by atoms with Gasteiger partial charge >= 0.3 is 24.5 Å². The molecule has 0 saturated heterocycles. The van der Waals surface area contributed by atoms with E-state index in [1.54, 1.807) is 25.1 Å². The highest BCUT2D eigenvalue weighted by Gasteiger charge is 2.37. The van der Waals surface area contributed by atoms with Crippen LogP contribution in [0.4, 0.5) is 39.5 Å². The molecule has 0 aliphatic carbocycles. The molecule has 0 aliphatic heterocycles. The second-order valence-electron chi connectivity index (χ2n) is 9.39. The first kappa shape index (κ1) is 34.0. The van der Waals surface area contributed by atoms with Crippen molar-refractivity contribution < 1.29 is 58.9 Å². The van der Waals surface area contributed by atoms with Crippen LogP contribution in [0, 0.1) is 6.92 Å². The van der Waals surface area contributed by atoms with E-state index in [1.165, 1.54) is 23.9 Å². The maximum atomic E-state index is 13.3. The zero-order valence-electron chi connectivity index (χ0n) is 22.7. The van der Waals surface area contributed by atoms with Gasteiger partial charge in [-0.25, -0.2) is 9.78 Å². The lowest BCUT2D eigenvalue weighted by Gasteiger charge is -2.14. The Kier molecular flexibility index (Phi) is 9.97. The molecule has 5 nitrogen and oxygen atoms in total. The number of halogens is 9. The molecule has 0 unspecified atom stereocenters. The lowest BCUT2D eigenvalue weighted by Crippen LogP contribution is -2.11. The van der Waals surface area contributed by atoms with Gasteiger partial charge in [-0.1, -0.05) is 12.1 Å². The van der Waals surface area contributed by atoms with Crippen LogP contribution in [-0.4, -0.2) is 22.7 Å². The summed E-state index contributed by atoms with van der Waals surface area (Å²) in [5, 5.41) is 9.07. The molecular formula is C29H20F9NO4S2. The van der Waals surface area contributed by atoms with E-state index < -0.39 is 60.2 Å². The summed E-state index contributed by atoms with van der Waals surface area (Å²) in [6.07, 6.45) is -14.7. The number of aromatic nitrogens is 1. The second kappa shape index (κ2) is 13.2. The van der Waals surface area contributed by atoms with Crippen LogP contribution in [0.1, 0.15) is 32.8 Å². The van der Waals surface area contributed by atoms with Gasteiger partial charge in [-0.2, -0.15) is 39.5 Å². The molecule has 4 aromatic rings. The number of thiazole rings is 1. The van der Waals surface area contributed by atoms with E-state index in [1.807, 2.05) is 0 Å². The summed E-state index contributed by atoms with van der Waals surface area (Å²) in [5.41, 5.74) is -2.91. The summed E-state index contributed by atoms with van der Waals surface area (Å²) in [7, 11) is 0. The van der Waals surface area contributed by atoms with E-state index in [2.05, 4.69) is 4.98 Å². The number of hydrogen-bond donors (Lipinski definition) is 1. The second-order valence-corrected chi connectivity index (χ2v) is 11.5. The molecule has 0 bridgehead atoms. The average Bonchev–Trinajstić information content (AvgIpc) is 3.36. The van der Waals surface area contributed by atoms with Gasteiger partial charge in [0.05, 0.1) is 22.4 Å². The fraction of sp³-hybridized carbons (Fsp3) is 0.241. The number of carbonyl (C=O) groups is 1. The SMILES string of the molecule is Cc1cc(SCc2sc(-c3ccc(C(F)(F)F)cc3)nc2COc2cc(C(F)(F)F)cc(C(F)(F)F)c2)ccc1OCC(=O)O. The number of ether oxygens (including phenoxy) is 2. The van der Waals surface area contributed by atoms with Crippen molar-refractivity contribution in [3.8, 4) is 22.1 Å². The Balaban J connectivity index is 1.63. The third-order valence-corrected chi connectivity index (χ3v) is 8.39. The molecule has 0 aliphatic rings. The number of carboxylic acid groups (broad SMARTS) is 1. The Morgan fingerprint density at radius 2 is 1.42 bits per heavy atom. The first-order valence-electron chi connectivity index (χ1n) is 12.6. The van der Waals surface area contributed by atoms with Gasteiger partial charge in [0.2, 0.25) is 0 Å². The van der Waals surface area contributed by atoms with Crippen molar-refractivity contribution in [2.75, 3.05) is 6.61 Å². The van der Waals surface area contributed by atoms with Crippen LogP contribution in [0.3, 0.4) is 0 Å². The minimum atomic E-state index is -5.08. The van der Waals surface area contributed by atoms with Gasteiger partial charge in [0.25, 0.3) is 0 Å². The first-order valence-corrected chi connectivity index (χ1v) is 14.4. The van der Waals surface area contributed by atoms with Gasteiger partial charge in [0.15, 0.2) is 6.61 Å². The van der Waals surface area contributed by atoms with E-state index in [4.69, 9.17) is 14.6 Å². The third-order valence-electron chi connectivity index (χ3n) is 6.04. The van der Waals surface area contributed by atoms with Crippen LogP contribution < -0.4 is 9.47 Å². The molecule has 240 valence electrons. The molecule has 3 aromatic carbocycles. The standard InChI is InChI=1S/C29H20F9NO4S2/c1-15-8-21(6-7-23(15)43-13-25(40)41)44-14-24-22(39-26(45-24)16-2-4-17(5-3-16)27(30,31)32)12-42-20-10-18(28(33,34)35)9-19(11-20)29(36,37)38/h2-11H,12-14H2,1H3,(H,40,41). The molecule has 1 N–H and O–H groups in total. The molecule has 1 heterocycles. The van der Waals surface area contributed by atoms with Crippen LogP contribution in [-0.2, 0) is 35.7 Å². The molecule has 45 heavy (non-hydrogen) atoms. The Morgan fingerprint density at radius 3 is 1.96 bits per heavy atom. The van der Waals surface area contributed by atoms with Crippen molar-refractivity contribution in [2.45, 2.75) is 42.7 Å². The quantitative estimate of drug-likeness (QED) is 0.133. The number of alkyl halides is 9. The monoisotopic (exact) mass is 681 g/mol. The molecular weight excluding hydrogens is 661 g/mol. The zero-order chi connectivity index (χ0) is 33.2. The van der Waals surface area contributed by atoms with Crippen molar-refractivity contribution in [3.63, 3.8) is 0 Å². The van der Waals surface area contributed by atoms with Crippen LogP contribution in [0.2, 0.25) is 0 Å². The fourth-order valence-corrected chi connectivity index (χ4v) is 6.02. The lowest BCUT2D eigenvalue weighted by atomic mass is 10.1. The maximum absolute atomic E-state index is 13.3. The van der Waals surface area contributed by atoms with E-state index in [-0.39, 0.29) is 22.5 Å². The van der Waals surface area contributed by atoms with E-state index >= 15 is 0 Å². The maximum Gasteiger partial charge on any atom is 0.416 e. The Bertz CT molecular complexity index is 1630. The Labute approximate surface area is 257 Å². The number of aliphatic carboxylic acids is 1. The highest BCUT2D eigenvalue weighted by atomic mass is 32.2. The molecule has 0 amide bonds. The van der Waals surface area contributed by atoms with Crippen LogP contribution >= 0.6 is 23.1 Å². The van der Waals surface area contributed by atoms with E-state index in [0.717, 1.165) is 23.5 Å². The Morgan fingerprint density at radius 1 is 0.822 bits per heavy atom.